The number of thioether (sulfide) groups is 1. The van der Waals surface area contributed by atoms with E-state index >= 15 is 0 Å². The summed E-state index contributed by atoms with van der Waals surface area (Å²) in [6, 6.07) is 8.78. The summed E-state index contributed by atoms with van der Waals surface area (Å²) in [5, 5.41) is 24.4. The minimum Gasteiger partial charge on any atom is -0.502 e. The molecule has 3 rings (SSSR count). The molecule has 0 saturated heterocycles. The van der Waals surface area contributed by atoms with Crippen molar-refractivity contribution in [2.24, 2.45) is 4.99 Å². The number of phenols is 1. The Morgan fingerprint density at radius 3 is 2.54 bits per heavy atom. The van der Waals surface area contributed by atoms with E-state index < -0.39 is 22.3 Å². The van der Waals surface area contributed by atoms with Crippen LogP contribution in [0.2, 0.25) is 10.0 Å². The zero-order valence-corrected chi connectivity index (χ0v) is 15.1. The maximum Gasteiger partial charge on any atom is 0.310 e. The van der Waals surface area contributed by atoms with Crippen LogP contribution in [-0.4, -0.2) is 21.1 Å². The first-order valence-corrected chi connectivity index (χ1v) is 8.63. The van der Waals surface area contributed by atoms with Crippen LogP contribution in [0.5, 0.6) is 5.75 Å². The molecular formula is C16H9Cl2N3O4S. The minimum atomic E-state index is -0.694. The Labute approximate surface area is 161 Å². The van der Waals surface area contributed by atoms with Crippen LogP contribution in [0.1, 0.15) is 5.56 Å². The number of aromatic hydroxyl groups is 1. The average molecular weight is 410 g/mol. The number of para-hydroxylation sites is 1. The number of rotatable bonds is 3. The normalized spacial score (nSPS) is 15.2. The number of phenolic OH excluding ortho intramolecular Hbond substituents is 1. The molecule has 0 aliphatic carbocycles. The summed E-state index contributed by atoms with van der Waals surface area (Å²) >= 11 is 13.2. The van der Waals surface area contributed by atoms with E-state index in [9.17, 15) is 20.0 Å². The number of benzene rings is 2. The van der Waals surface area contributed by atoms with E-state index in [1.807, 2.05) is 0 Å². The lowest BCUT2D eigenvalue weighted by Gasteiger charge is -2.08. The van der Waals surface area contributed by atoms with Crippen LogP contribution < -0.4 is 5.32 Å². The fourth-order valence-electron chi connectivity index (χ4n) is 2.12. The van der Waals surface area contributed by atoms with Gasteiger partial charge in [-0.1, -0.05) is 29.3 Å². The highest BCUT2D eigenvalue weighted by Gasteiger charge is 2.23. The molecule has 1 amide bonds. The number of amides is 1. The van der Waals surface area contributed by atoms with Crippen molar-refractivity contribution in [3.63, 3.8) is 0 Å². The number of anilines is 1. The fourth-order valence-corrected chi connectivity index (χ4v) is 3.43. The Balaban J connectivity index is 1.81. The molecule has 0 aromatic heterocycles. The molecule has 0 radical (unpaired) electrons. The zero-order valence-electron chi connectivity index (χ0n) is 12.8. The molecule has 7 nitrogen and oxygen atoms in total. The molecule has 1 aliphatic heterocycles. The smallest absolute Gasteiger partial charge is 0.310 e. The van der Waals surface area contributed by atoms with Gasteiger partial charge in [-0.05, 0) is 47.7 Å². The molecule has 26 heavy (non-hydrogen) atoms. The van der Waals surface area contributed by atoms with E-state index in [1.165, 1.54) is 18.2 Å². The van der Waals surface area contributed by atoms with Gasteiger partial charge in [-0.3, -0.25) is 14.9 Å². The summed E-state index contributed by atoms with van der Waals surface area (Å²) < 4.78 is 0. The zero-order chi connectivity index (χ0) is 18.8. The van der Waals surface area contributed by atoms with E-state index in [2.05, 4.69) is 10.3 Å². The number of carbonyl (C=O) groups is 1. The van der Waals surface area contributed by atoms with Gasteiger partial charge in [-0.15, -0.1) is 0 Å². The lowest BCUT2D eigenvalue weighted by Crippen LogP contribution is -2.05. The number of hydrogen-bond acceptors (Lipinski definition) is 6. The van der Waals surface area contributed by atoms with Gasteiger partial charge >= 0.3 is 5.69 Å². The number of hydrogen-bond donors (Lipinski definition) is 2. The lowest BCUT2D eigenvalue weighted by molar-refractivity contribution is -0.385. The topological polar surface area (TPSA) is 105 Å². The summed E-state index contributed by atoms with van der Waals surface area (Å²) in [5.74, 6) is -0.972. The molecular weight excluding hydrogens is 401 g/mol. The second kappa shape index (κ2) is 7.36. The van der Waals surface area contributed by atoms with E-state index in [4.69, 9.17) is 23.2 Å². The van der Waals surface area contributed by atoms with Crippen molar-refractivity contribution in [1.29, 1.82) is 0 Å². The highest BCUT2D eigenvalue weighted by atomic mass is 35.5. The molecule has 1 aliphatic rings. The molecule has 2 N–H and O–H groups in total. The van der Waals surface area contributed by atoms with Crippen LogP contribution >= 0.6 is 35.0 Å². The molecule has 0 spiro atoms. The minimum absolute atomic E-state index is 0.281. The number of halogens is 2. The van der Waals surface area contributed by atoms with Crippen molar-refractivity contribution in [1.82, 2.24) is 0 Å². The second-order valence-corrected chi connectivity index (χ2v) is 6.90. The van der Waals surface area contributed by atoms with Gasteiger partial charge in [0, 0.05) is 6.07 Å². The first kappa shape index (κ1) is 18.2. The van der Waals surface area contributed by atoms with Crippen LogP contribution in [0.25, 0.3) is 6.08 Å². The summed E-state index contributed by atoms with van der Waals surface area (Å²) in [6.07, 6.45) is 1.48. The molecule has 0 saturated carbocycles. The molecule has 2 aromatic carbocycles. The highest BCUT2D eigenvalue weighted by molar-refractivity contribution is 8.18. The summed E-state index contributed by atoms with van der Waals surface area (Å²) in [7, 11) is 0. The van der Waals surface area contributed by atoms with Crippen LogP contribution in [0.15, 0.2) is 46.3 Å². The summed E-state index contributed by atoms with van der Waals surface area (Å²) in [4.78, 5) is 26.3. The second-order valence-electron chi connectivity index (χ2n) is 5.06. The quantitative estimate of drug-likeness (QED) is 0.432. The van der Waals surface area contributed by atoms with Crippen LogP contribution in [-0.2, 0) is 4.79 Å². The number of nitrogens with zero attached hydrogens (tertiary/aromatic N) is 2. The predicted octanol–water partition coefficient (Wildman–Crippen LogP) is 4.69. The van der Waals surface area contributed by atoms with Gasteiger partial charge in [0.1, 0.15) is 0 Å². The summed E-state index contributed by atoms with van der Waals surface area (Å²) in [5.41, 5.74) is 0.449. The maximum atomic E-state index is 12.1. The van der Waals surface area contributed by atoms with Crippen molar-refractivity contribution in [2.45, 2.75) is 0 Å². The van der Waals surface area contributed by atoms with Gasteiger partial charge < -0.3 is 10.4 Å². The lowest BCUT2D eigenvalue weighted by atomic mass is 10.1. The average Bonchev–Trinajstić information content (AvgIpc) is 2.90. The molecule has 132 valence electrons. The fraction of sp³-hybridized carbons (Fsp3) is 0. The van der Waals surface area contributed by atoms with Crippen LogP contribution in [0, 0.1) is 10.1 Å². The van der Waals surface area contributed by atoms with E-state index in [-0.39, 0.29) is 4.91 Å². The highest BCUT2D eigenvalue weighted by Crippen LogP contribution is 2.35. The number of nitro groups is 1. The van der Waals surface area contributed by atoms with E-state index in [1.54, 1.807) is 18.2 Å². The predicted molar refractivity (Wildman–Crippen MR) is 103 cm³/mol. The third-order valence-corrected chi connectivity index (χ3v) is 4.84. The number of nitrogens with one attached hydrogen (secondary N) is 1. The summed E-state index contributed by atoms with van der Waals surface area (Å²) in [6.45, 7) is 0. The standard InChI is InChI=1S/C16H9Cl2N3O4S/c17-9-2-1-3-10(18)14(9)19-16-20-15(23)13(26-16)7-8-4-5-11(21(24)25)12(22)6-8/h1-7,22H,(H,19,20,23). The Kier molecular flexibility index (Phi) is 5.17. The largest absolute Gasteiger partial charge is 0.502 e. The molecule has 10 heteroatoms. The number of nitro benzene ring substituents is 1. The molecule has 2 aromatic rings. The van der Waals surface area contributed by atoms with Crippen LogP contribution in [0.4, 0.5) is 11.4 Å². The Morgan fingerprint density at radius 2 is 1.92 bits per heavy atom. The number of aliphatic imine (C=N–C) groups is 1. The van der Waals surface area contributed by atoms with Gasteiger partial charge in [0.15, 0.2) is 10.9 Å². The Morgan fingerprint density at radius 1 is 1.23 bits per heavy atom. The van der Waals surface area contributed by atoms with Gasteiger partial charge in [-0.2, -0.15) is 4.99 Å². The van der Waals surface area contributed by atoms with Gasteiger partial charge in [0.05, 0.1) is 25.6 Å². The first-order chi connectivity index (χ1) is 12.3. The Bertz CT molecular complexity index is 971. The van der Waals surface area contributed by atoms with Crippen molar-refractivity contribution < 1.29 is 14.8 Å². The van der Waals surface area contributed by atoms with Gasteiger partial charge in [-0.25, -0.2) is 0 Å². The van der Waals surface area contributed by atoms with E-state index in [0.717, 1.165) is 17.8 Å². The maximum absolute atomic E-state index is 12.1. The first-order valence-electron chi connectivity index (χ1n) is 7.06. The van der Waals surface area contributed by atoms with Crippen molar-refractivity contribution in [3.05, 3.63) is 67.0 Å². The molecule has 0 fully saturated rings. The molecule has 0 atom stereocenters. The number of carbonyl (C=O) groups excluding carboxylic acids is 1. The van der Waals surface area contributed by atoms with Crippen LogP contribution in [0.3, 0.4) is 0 Å². The SMILES string of the molecule is O=C1N=C(Nc2c(Cl)cccc2Cl)SC1=Cc1ccc([N+](=O)[O-])c(O)c1. The van der Waals surface area contributed by atoms with Crippen molar-refractivity contribution in [3.8, 4) is 5.75 Å². The monoisotopic (exact) mass is 409 g/mol. The molecule has 0 unspecified atom stereocenters. The van der Waals surface area contributed by atoms with Crippen molar-refractivity contribution >= 4 is 63.5 Å². The van der Waals surface area contributed by atoms with Gasteiger partial charge in [0.25, 0.3) is 5.91 Å². The Hall–Kier alpha value is -2.55. The van der Waals surface area contributed by atoms with E-state index in [0.29, 0.717) is 26.5 Å². The number of amidine groups is 1. The molecule has 0 bridgehead atoms. The third kappa shape index (κ3) is 3.82. The molecule has 1 heterocycles. The van der Waals surface area contributed by atoms with Crippen molar-refractivity contribution in [2.75, 3.05) is 5.32 Å². The van der Waals surface area contributed by atoms with Gasteiger partial charge in [0.2, 0.25) is 0 Å². The third-order valence-electron chi connectivity index (χ3n) is 3.31.